The van der Waals surface area contributed by atoms with Gasteiger partial charge < -0.3 is 10.4 Å². The van der Waals surface area contributed by atoms with Gasteiger partial charge in [-0.2, -0.15) is 0 Å². The van der Waals surface area contributed by atoms with Crippen molar-refractivity contribution in [1.29, 1.82) is 0 Å². The molecule has 3 aliphatic carbocycles. The van der Waals surface area contributed by atoms with Crippen molar-refractivity contribution in [2.45, 2.75) is 32.2 Å². The summed E-state index contributed by atoms with van der Waals surface area (Å²) < 4.78 is 0. The minimum atomic E-state index is -0.812. The Hall–Kier alpha value is -1.91. The van der Waals surface area contributed by atoms with Crippen molar-refractivity contribution in [2.24, 2.45) is 23.7 Å². The number of hydrogen-bond donors (Lipinski definition) is 2. The first-order chi connectivity index (χ1) is 10.2. The van der Waals surface area contributed by atoms with Crippen LogP contribution in [0.15, 0.2) is 24.5 Å². The van der Waals surface area contributed by atoms with Gasteiger partial charge in [-0.15, -0.1) is 0 Å². The van der Waals surface area contributed by atoms with Gasteiger partial charge in [0.2, 0.25) is 5.91 Å². The molecule has 0 spiro atoms. The molecule has 1 aromatic rings. The Bertz CT molecular complexity index is 524. The van der Waals surface area contributed by atoms with Gasteiger partial charge in [0.25, 0.3) is 0 Å². The van der Waals surface area contributed by atoms with Crippen LogP contribution in [0.2, 0.25) is 0 Å². The Morgan fingerprint density at radius 1 is 1.10 bits per heavy atom. The van der Waals surface area contributed by atoms with E-state index >= 15 is 0 Å². The number of carboxylic acids is 1. The number of aliphatic carboxylic acids is 1. The summed E-state index contributed by atoms with van der Waals surface area (Å²) in [5.74, 6) is -1.38. The average molecular weight is 288 g/mol. The van der Waals surface area contributed by atoms with E-state index in [0.717, 1.165) is 31.2 Å². The van der Waals surface area contributed by atoms with E-state index in [9.17, 15) is 14.7 Å². The molecule has 5 nitrogen and oxygen atoms in total. The van der Waals surface area contributed by atoms with E-state index in [0.29, 0.717) is 6.54 Å². The second kappa shape index (κ2) is 5.84. The normalized spacial score (nSPS) is 30.9. The van der Waals surface area contributed by atoms with Crippen molar-refractivity contribution < 1.29 is 14.7 Å². The van der Waals surface area contributed by atoms with Gasteiger partial charge >= 0.3 is 5.97 Å². The fourth-order valence-electron chi connectivity index (χ4n) is 3.99. The van der Waals surface area contributed by atoms with E-state index in [1.54, 1.807) is 12.4 Å². The smallest absolute Gasteiger partial charge is 0.307 e. The molecule has 0 radical (unpaired) electrons. The molecule has 4 rings (SSSR count). The number of amides is 1. The molecule has 0 saturated heterocycles. The number of aromatic nitrogens is 1. The van der Waals surface area contributed by atoms with Crippen molar-refractivity contribution in [3.8, 4) is 0 Å². The van der Waals surface area contributed by atoms with Crippen LogP contribution in [0.5, 0.6) is 0 Å². The molecule has 0 unspecified atom stereocenters. The third kappa shape index (κ3) is 2.77. The van der Waals surface area contributed by atoms with Crippen molar-refractivity contribution in [3.05, 3.63) is 30.1 Å². The van der Waals surface area contributed by atoms with Crippen LogP contribution in [-0.2, 0) is 16.1 Å². The molecule has 3 aliphatic rings. The van der Waals surface area contributed by atoms with Gasteiger partial charge in [-0.25, -0.2) is 0 Å². The zero-order valence-corrected chi connectivity index (χ0v) is 11.9. The Balaban J connectivity index is 1.69. The van der Waals surface area contributed by atoms with E-state index in [1.807, 2.05) is 12.1 Å². The molecule has 1 amide bonds. The number of carbonyl (C=O) groups is 2. The Kier molecular flexibility index (Phi) is 3.90. The van der Waals surface area contributed by atoms with Gasteiger partial charge in [-0.05, 0) is 55.2 Å². The van der Waals surface area contributed by atoms with Gasteiger partial charge in [0.15, 0.2) is 0 Å². The topological polar surface area (TPSA) is 79.3 Å². The number of carbonyl (C=O) groups excluding carboxylic acids is 1. The third-order valence-corrected chi connectivity index (χ3v) is 5.02. The van der Waals surface area contributed by atoms with Crippen LogP contribution in [0.4, 0.5) is 0 Å². The summed E-state index contributed by atoms with van der Waals surface area (Å²) in [6, 6.07) is 3.70. The number of pyridine rings is 1. The highest BCUT2D eigenvalue weighted by atomic mass is 16.4. The summed E-state index contributed by atoms with van der Waals surface area (Å²) in [7, 11) is 0. The van der Waals surface area contributed by atoms with E-state index in [-0.39, 0.29) is 23.7 Å². The molecule has 2 atom stereocenters. The highest BCUT2D eigenvalue weighted by molar-refractivity contribution is 5.85. The Morgan fingerprint density at radius 3 is 2.24 bits per heavy atom. The monoisotopic (exact) mass is 288 g/mol. The van der Waals surface area contributed by atoms with Crippen LogP contribution in [0, 0.1) is 23.7 Å². The summed E-state index contributed by atoms with van der Waals surface area (Å²) in [5, 5.41) is 12.4. The predicted octanol–water partition coefficient (Wildman–Crippen LogP) is 1.83. The first kappa shape index (κ1) is 14.0. The lowest BCUT2D eigenvalue weighted by Crippen LogP contribution is -2.50. The molecule has 0 aliphatic heterocycles. The minimum absolute atomic E-state index is 0.103. The molecule has 21 heavy (non-hydrogen) atoms. The predicted molar refractivity (Wildman–Crippen MR) is 76.1 cm³/mol. The highest BCUT2D eigenvalue weighted by Gasteiger charge is 2.50. The lowest BCUT2D eigenvalue weighted by Gasteiger charge is -2.45. The zero-order valence-electron chi connectivity index (χ0n) is 11.9. The minimum Gasteiger partial charge on any atom is -0.481 e. The fraction of sp³-hybridized carbons (Fsp3) is 0.562. The van der Waals surface area contributed by atoms with Crippen molar-refractivity contribution >= 4 is 11.9 Å². The lowest BCUT2D eigenvalue weighted by atomic mass is 9.58. The van der Waals surface area contributed by atoms with Crippen molar-refractivity contribution in [3.63, 3.8) is 0 Å². The number of carboxylic acid groups (broad SMARTS) is 1. The van der Waals surface area contributed by atoms with Gasteiger partial charge in [0.05, 0.1) is 11.8 Å². The Morgan fingerprint density at radius 2 is 1.67 bits per heavy atom. The number of nitrogens with zero attached hydrogens (tertiary/aromatic N) is 1. The summed E-state index contributed by atoms with van der Waals surface area (Å²) in [5.41, 5.74) is 0.978. The van der Waals surface area contributed by atoms with E-state index in [4.69, 9.17) is 0 Å². The van der Waals surface area contributed by atoms with Crippen LogP contribution in [0.25, 0.3) is 0 Å². The zero-order chi connectivity index (χ0) is 14.8. The number of hydrogen-bond acceptors (Lipinski definition) is 3. The van der Waals surface area contributed by atoms with Gasteiger partial charge in [0, 0.05) is 18.9 Å². The maximum atomic E-state index is 12.5. The quantitative estimate of drug-likeness (QED) is 0.886. The number of rotatable bonds is 4. The third-order valence-electron chi connectivity index (χ3n) is 5.02. The van der Waals surface area contributed by atoms with E-state index < -0.39 is 11.9 Å². The Labute approximate surface area is 123 Å². The van der Waals surface area contributed by atoms with Crippen molar-refractivity contribution in [2.75, 3.05) is 0 Å². The highest BCUT2D eigenvalue weighted by Crippen LogP contribution is 2.49. The standard InChI is InChI=1S/C16H20N2O3/c19-15(18-9-10-5-7-17-8-6-10)13-11-1-3-12(4-2-11)14(13)16(20)21/h5-8,11-14H,1-4,9H2,(H,18,19)(H,20,21)/t11?,12?,13-,14+/m1/s1. The summed E-state index contributed by atoms with van der Waals surface area (Å²) in [6.07, 6.45) is 7.25. The van der Waals surface area contributed by atoms with Gasteiger partial charge in [-0.3, -0.25) is 14.6 Å². The molecular weight excluding hydrogens is 268 g/mol. The van der Waals surface area contributed by atoms with Crippen LogP contribution in [0.3, 0.4) is 0 Å². The summed E-state index contributed by atoms with van der Waals surface area (Å²) in [4.78, 5) is 28.0. The average Bonchev–Trinajstić information content (AvgIpc) is 2.53. The molecule has 0 aromatic carbocycles. The van der Waals surface area contributed by atoms with Gasteiger partial charge in [-0.1, -0.05) is 0 Å². The maximum Gasteiger partial charge on any atom is 0.307 e. The largest absolute Gasteiger partial charge is 0.481 e. The molecule has 1 heterocycles. The molecule has 1 aromatic heterocycles. The van der Waals surface area contributed by atoms with Crippen LogP contribution < -0.4 is 5.32 Å². The number of nitrogens with one attached hydrogen (secondary N) is 1. The fourth-order valence-corrected chi connectivity index (χ4v) is 3.99. The first-order valence-electron chi connectivity index (χ1n) is 7.56. The van der Waals surface area contributed by atoms with Gasteiger partial charge in [0.1, 0.15) is 0 Å². The molecule has 112 valence electrons. The van der Waals surface area contributed by atoms with Crippen LogP contribution >= 0.6 is 0 Å². The molecule has 3 fully saturated rings. The maximum absolute atomic E-state index is 12.5. The van der Waals surface area contributed by atoms with E-state index in [2.05, 4.69) is 10.3 Å². The first-order valence-corrected chi connectivity index (χ1v) is 7.56. The summed E-state index contributed by atoms with van der Waals surface area (Å²) >= 11 is 0. The molecule has 2 bridgehead atoms. The molecule has 2 N–H and O–H groups in total. The van der Waals surface area contributed by atoms with E-state index in [1.165, 1.54) is 0 Å². The van der Waals surface area contributed by atoms with Crippen LogP contribution in [-0.4, -0.2) is 22.0 Å². The second-order valence-corrected chi connectivity index (χ2v) is 6.14. The van der Waals surface area contributed by atoms with Crippen molar-refractivity contribution in [1.82, 2.24) is 10.3 Å². The molecule has 5 heteroatoms. The molecular formula is C16H20N2O3. The second-order valence-electron chi connectivity index (χ2n) is 6.14. The molecule has 3 saturated carbocycles. The number of fused-ring (bicyclic) bond motifs is 3. The SMILES string of the molecule is O=C(NCc1ccncc1)[C@@H]1C2CCC(CC2)[C@@H]1C(=O)O. The summed E-state index contributed by atoms with van der Waals surface area (Å²) in [6.45, 7) is 0.432. The lowest BCUT2D eigenvalue weighted by molar-refractivity contribution is -0.158. The van der Waals surface area contributed by atoms with Crippen LogP contribution in [0.1, 0.15) is 31.2 Å².